The maximum absolute atomic E-state index is 16.4. The summed E-state index contributed by atoms with van der Waals surface area (Å²) < 4.78 is 85.4. The van der Waals surface area contributed by atoms with Gasteiger partial charge in [-0.3, -0.25) is 9.62 Å². The summed E-state index contributed by atoms with van der Waals surface area (Å²) in [5.41, 5.74) is 0.586. The summed E-state index contributed by atoms with van der Waals surface area (Å²) >= 11 is 0. The minimum Gasteiger partial charge on any atom is -0.511 e. The SMILES string of the molecule is CS(=O)(=O)Nc1ccc2c(c1)S(=O)(=O)N=C(C1=C(O)[C@@H]3[C@H]4CC[C@H](C4)[C@@H]3N(Cc3ccc(F)cc3)C1F)N2. The van der Waals surface area contributed by atoms with Crippen LogP contribution in [0.5, 0.6) is 0 Å². The predicted molar refractivity (Wildman–Crippen MR) is 138 cm³/mol. The molecule has 1 unspecified atom stereocenters. The fraction of sp³-hybridized carbons (Fsp3) is 0.400. The number of hydrogen-bond donors (Lipinski definition) is 3. The number of benzene rings is 2. The van der Waals surface area contributed by atoms with E-state index in [1.165, 1.54) is 24.3 Å². The summed E-state index contributed by atoms with van der Waals surface area (Å²) in [5.74, 6) is -0.937. The lowest BCUT2D eigenvalue weighted by atomic mass is 9.77. The number of hydrogen-bond acceptors (Lipinski definition) is 7. The number of alkyl halides is 1. The lowest BCUT2D eigenvalue weighted by Gasteiger charge is -2.46. The molecule has 0 radical (unpaired) electrons. The first kappa shape index (κ1) is 25.3. The van der Waals surface area contributed by atoms with E-state index < -0.39 is 32.2 Å². The van der Waals surface area contributed by atoms with Crippen molar-refractivity contribution in [1.29, 1.82) is 0 Å². The van der Waals surface area contributed by atoms with E-state index in [4.69, 9.17) is 0 Å². The standard InChI is InChI=1S/C25H26F2N4O5S2/c1-37(33,34)29-17-8-9-18-19(11-17)38(35,36)30-25(28-18)21-23(32)20-14-4-5-15(10-14)22(20)31(24(21)27)12-13-2-6-16(26)7-3-13/h2-3,6-9,11,14-15,20,22,24,29,32H,4-5,10,12H2,1H3,(H,28,30)/t14-,15+,20+,22-,24?/m0/s1. The second kappa shape index (κ2) is 8.75. The van der Waals surface area contributed by atoms with E-state index in [0.717, 1.165) is 31.6 Å². The molecule has 2 aromatic rings. The Morgan fingerprint density at radius 1 is 1.16 bits per heavy atom. The molecule has 9 nitrogen and oxygen atoms in total. The van der Waals surface area contributed by atoms with Crippen molar-refractivity contribution < 1.29 is 30.7 Å². The van der Waals surface area contributed by atoms with Crippen LogP contribution in [-0.4, -0.2) is 51.3 Å². The van der Waals surface area contributed by atoms with E-state index in [1.807, 2.05) is 0 Å². The van der Waals surface area contributed by atoms with Crippen molar-refractivity contribution in [2.75, 3.05) is 16.3 Å². The van der Waals surface area contributed by atoms with Crippen molar-refractivity contribution in [3.05, 3.63) is 65.2 Å². The number of halogens is 2. The molecule has 2 saturated carbocycles. The van der Waals surface area contributed by atoms with Gasteiger partial charge >= 0.3 is 0 Å². The molecule has 0 aromatic heterocycles. The Bertz CT molecular complexity index is 1590. The highest BCUT2D eigenvalue weighted by atomic mass is 32.2. The zero-order chi connectivity index (χ0) is 27.0. The average Bonchev–Trinajstić information content (AvgIpc) is 3.45. The molecule has 2 aliphatic carbocycles. The van der Waals surface area contributed by atoms with Gasteiger partial charge in [0.05, 0.1) is 17.5 Å². The second-order valence-corrected chi connectivity index (χ2v) is 13.7. The second-order valence-electron chi connectivity index (χ2n) is 10.4. The lowest BCUT2D eigenvalue weighted by Crippen LogP contribution is -2.54. The Kier molecular flexibility index (Phi) is 5.81. The number of sulfonamides is 2. The minimum atomic E-state index is -4.36. The van der Waals surface area contributed by atoms with E-state index in [1.54, 1.807) is 17.0 Å². The maximum atomic E-state index is 16.4. The van der Waals surface area contributed by atoms with E-state index >= 15 is 4.39 Å². The number of rotatable bonds is 5. The van der Waals surface area contributed by atoms with Crippen molar-refractivity contribution in [2.45, 2.75) is 43.0 Å². The number of nitrogens with one attached hydrogen (secondary N) is 2. The van der Waals surface area contributed by atoms with Crippen molar-refractivity contribution in [2.24, 2.45) is 22.2 Å². The third-order valence-electron chi connectivity index (χ3n) is 7.94. The molecule has 4 aliphatic rings. The molecule has 0 spiro atoms. The Hall–Kier alpha value is -3.03. The fourth-order valence-corrected chi connectivity index (χ4v) is 8.23. The smallest absolute Gasteiger partial charge is 0.286 e. The normalized spacial score (nSPS) is 29.9. The van der Waals surface area contributed by atoms with Crippen molar-refractivity contribution in [1.82, 2.24) is 4.90 Å². The quantitative estimate of drug-likeness (QED) is 0.472. The van der Waals surface area contributed by atoms with Gasteiger partial charge in [0.25, 0.3) is 10.0 Å². The largest absolute Gasteiger partial charge is 0.511 e. The number of fused-ring (bicyclic) bond motifs is 6. The Morgan fingerprint density at radius 2 is 1.87 bits per heavy atom. The molecule has 2 aromatic carbocycles. The first-order valence-electron chi connectivity index (χ1n) is 12.2. The van der Waals surface area contributed by atoms with Gasteiger partial charge in [-0.1, -0.05) is 12.1 Å². The lowest BCUT2D eigenvalue weighted by molar-refractivity contribution is -0.0130. The van der Waals surface area contributed by atoms with Crippen LogP contribution in [0.1, 0.15) is 24.8 Å². The van der Waals surface area contributed by atoms with E-state index in [9.17, 15) is 26.3 Å². The summed E-state index contributed by atoms with van der Waals surface area (Å²) in [4.78, 5) is 1.35. The van der Waals surface area contributed by atoms with Gasteiger partial charge in [-0.2, -0.15) is 8.42 Å². The van der Waals surface area contributed by atoms with Crippen LogP contribution < -0.4 is 10.0 Å². The van der Waals surface area contributed by atoms with Crippen LogP contribution in [0.25, 0.3) is 0 Å². The highest BCUT2D eigenvalue weighted by Gasteiger charge is 2.57. The van der Waals surface area contributed by atoms with Crippen LogP contribution in [0.4, 0.5) is 20.2 Å². The first-order chi connectivity index (χ1) is 17.9. The zero-order valence-electron chi connectivity index (χ0n) is 20.3. The highest BCUT2D eigenvalue weighted by Crippen LogP contribution is 2.56. The third kappa shape index (κ3) is 4.26. The van der Waals surface area contributed by atoms with Gasteiger partial charge in [-0.05, 0) is 67.0 Å². The molecule has 2 heterocycles. The number of aliphatic hydroxyl groups is 1. The van der Waals surface area contributed by atoms with Gasteiger partial charge in [0.1, 0.15) is 16.5 Å². The molecule has 2 bridgehead atoms. The molecule has 5 atom stereocenters. The van der Waals surface area contributed by atoms with Crippen LogP contribution in [0.15, 0.2) is 63.1 Å². The summed E-state index contributed by atoms with van der Waals surface area (Å²) in [6, 6.07) is 9.38. The Labute approximate surface area is 219 Å². The molecular weight excluding hydrogens is 538 g/mol. The molecule has 2 aliphatic heterocycles. The molecule has 3 N–H and O–H groups in total. The molecule has 13 heteroatoms. The molecule has 6 rings (SSSR count). The van der Waals surface area contributed by atoms with Crippen molar-refractivity contribution in [3.63, 3.8) is 0 Å². The third-order valence-corrected chi connectivity index (χ3v) is 9.86. The summed E-state index contributed by atoms with van der Waals surface area (Å²) in [5, 5.41) is 14.2. The predicted octanol–water partition coefficient (Wildman–Crippen LogP) is 3.75. The van der Waals surface area contributed by atoms with E-state index in [0.29, 0.717) is 5.56 Å². The number of nitrogens with zero attached hydrogens (tertiary/aromatic N) is 2. The van der Waals surface area contributed by atoms with Crippen LogP contribution >= 0.6 is 0 Å². The monoisotopic (exact) mass is 564 g/mol. The summed E-state index contributed by atoms with van der Waals surface area (Å²) in [6.07, 6.45) is 1.73. The topological polar surface area (TPSA) is 128 Å². The maximum Gasteiger partial charge on any atom is 0.286 e. The van der Waals surface area contributed by atoms with E-state index in [-0.39, 0.29) is 63.8 Å². The molecular formula is C25H26F2N4O5S2. The van der Waals surface area contributed by atoms with Gasteiger partial charge in [0.15, 0.2) is 12.1 Å². The minimum absolute atomic E-state index is 0.0358. The molecule has 0 amide bonds. The molecule has 202 valence electrons. The van der Waals surface area contributed by atoms with Crippen molar-refractivity contribution >= 4 is 37.3 Å². The van der Waals surface area contributed by atoms with Gasteiger partial charge in [-0.15, -0.1) is 4.40 Å². The van der Waals surface area contributed by atoms with Crippen LogP contribution in [0, 0.1) is 23.6 Å². The zero-order valence-corrected chi connectivity index (χ0v) is 21.9. The molecule has 2 fully saturated rings. The van der Waals surface area contributed by atoms with Crippen LogP contribution in [0.3, 0.4) is 0 Å². The van der Waals surface area contributed by atoms with Crippen LogP contribution in [-0.2, 0) is 26.6 Å². The van der Waals surface area contributed by atoms with Crippen LogP contribution in [0.2, 0.25) is 0 Å². The Balaban J connectivity index is 1.40. The fourth-order valence-electron chi connectivity index (χ4n) is 6.51. The Morgan fingerprint density at radius 3 is 2.58 bits per heavy atom. The number of aliphatic hydroxyl groups excluding tert-OH is 1. The van der Waals surface area contributed by atoms with Gasteiger partial charge in [0.2, 0.25) is 10.0 Å². The van der Waals surface area contributed by atoms with Crippen molar-refractivity contribution in [3.8, 4) is 0 Å². The highest BCUT2D eigenvalue weighted by molar-refractivity contribution is 7.92. The summed E-state index contributed by atoms with van der Waals surface area (Å²) in [6.45, 7) is 0.153. The van der Waals surface area contributed by atoms with Gasteiger partial charge < -0.3 is 10.4 Å². The van der Waals surface area contributed by atoms with Gasteiger partial charge in [-0.25, -0.2) is 17.2 Å². The first-order valence-corrected chi connectivity index (χ1v) is 15.6. The summed E-state index contributed by atoms with van der Waals surface area (Å²) in [7, 11) is -8.01. The average molecular weight is 565 g/mol. The number of amidine groups is 1. The number of anilines is 2. The van der Waals surface area contributed by atoms with E-state index in [2.05, 4.69) is 14.4 Å². The molecule has 38 heavy (non-hydrogen) atoms. The molecule has 0 saturated heterocycles. The van der Waals surface area contributed by atoms with Gasteiger partial charge in [0, 0.05) is 24.2 Å².